The molecule has 0 amide bonds. The van der Waals surface area contributed by atoms with Crippen molar-refractivity contribution in [2.45, 2.75) is 61.9 Å². The van der Waals surface area contributed by atoms with Gasteiger partial charge in [0.1, 0.15) is 0 Å². The van der Waals surface area contributed by atoms with Gasteiger partial charge in [0, 0.05) is 44.3 Å². The van der Waals surface area contributed by atoms with E-state index in [1.54, 1.807) is 0 Å². The van der Waals surface area contributed by atoms with Gasteiger partial charge in [0.25, 0.3) is 0 Å². The molecule has 6 nitrogen and oxygen atoms in total. The van der Waals surface area contributed by atoms with Gasteiger partial charge < -0.3 is 10.6 Å². The minimum absolute atomic E-state index is 0.293. The molecule has 0 aromatic carbocycles. The van der Waals surface area contributed by atoms with E-state index < -0.39 is 0 Å². The Labute approximate surface area is 151 Å². The minimum atomic E-state index is 0.293. The van der Waals surface area contributed by atoms with Crippen LogP contribution < -0.4 is 21.3 Å². The highest BCUT2D eigenvalue weighted by Gasteiger charge is 2.57. The van der Waals surface area contributed by atoms with Gasteiger partial charge in [0.15, 0.2) is 0 Å². The number of hydrogen-bond donors (Lipinski definition) is 4. The van der Waals surface area contributed by atoms with Gasteiger partial charge in [-0.2, -0.15) is 0 Å². The molecule has 25 heavy (non-hydrogen) atoms. The minimum Gasteiger partial charge on any atom is -0.316 e. The largest absolute Gasteiger partial charge is 0.316 e. The van der Waals surface area contributed by atoms with Crippen molar-refractivity contribution in [2.24, 2.45) is 5.41 Å². The normalized spacial score (nSPS) is 53.3. The van der Waals surface area contributed by atoms with E-state index in [0.29, 0.717) is 22.8 Å². The lowest BCUT2D eigenvalue weighted by Gasteiger charge is -2.54. The Morgan fingerprint density at radius 1 is 0.880 bits per heavy atom. The SMILES string of the molecule is C1CC2(CCN(C3CNC4(CCN4C4CC5(CCN5)CN4)C3)C2)CN1. The van der Waals surface area contributed by atoms with Crippen LogP contribution in [-0.4, -0.2) is 85.6 Å². The molecule has 0 bridgehead atoms. The summed E-state index contributed by atoms with van der Waals surface area (Å²) in [6.45, 7) is 9.97. The summed E-state index contributed by atoms with van der Waals surface area (Å²) in [5, 5.41) is 15.1. The second-order valence-electron chi connectivity index (χ2n) is 9.92. The van der Waals surface area contributed by atoms with Crippen molar-refractivity contribution < 1.29 is 0 Å². The molecule has 140 valence electrons. The first kappa shape index (κ1) is 15.8. The third kappa shape index (κ3) is 2.31. The second kappa shape index (κ2) is 5.40. The molecule has 5 atom stereocenters. The maximum Gasteiger partial charge on any atom is 0.0753 e. The van der Waals surface area contributed by atoms with Crippen LogP contribution in [0.15, 0.2) is 0 Å². The first-order valence-electron chi connectivity index (χ1n) is 10.7. The van der Waals surface area contributed by atoms with Gasteiger partial charge in [-0.15, -0.1) is 0 Å². The summed E-state index contributed by atoms with van der Waals surface area (Å²) >= 11 is 0. The highest BCUT2D eigenvalue weighted by Crippen LogP contribution is 2.44. The van der Waals surface area contributed by atoms with E-state index in [4.69, 9.17) is 0 Å². The van der Waals surface area contributed by atoms with Gasteiger partial charge in [0.2, 0.25) is 0 Å². The van der Waals surface area contributed by atoms with Crippen molar-refractivity contribution in [3.05, 3.63) is 0 Å². The molecular formula is C19H34N6. The van der Waals surface area contributed by atoms with Crippen LogP contribution in [0.2, 0.25) is 0 Å². The summed E-state index contributed by atoms with van der Waals surface area (Å²) in [6.07, 6.45) is 8.69. The number of rotatable bonds is 2. The predicted octanol–water partition coefficient (Wildman–Crippen LogP) is -0.513. The Morgan fingerprint density at radius 3 is 2.52 bits per heavy atom. The van der Waals surface area contributed by atoms with Crippen LogP contribution in [-0.2, 0) is 0 Å². The van der Waals surface area contributed by atoms with Gasteiger partial charge in [-0.25, -0.2) is 0 Å². The first-order valence-corrected chi connectivity index (χ1v) is 10.7. The lowest BCUT2D eigenvalue weighted by molar-refractivity contribution is -0.0721. The third-order valence-electron chi connectivity index (χ3n) is 8.61. The van der Waals surface area contributed by atoms with Crippen LogP contribution in [0.4, 0.5) is 0 Å². The lowest BCUT2D eigenvalue weighted by atomic mass is 9.84. The van der Waals surface area contributed by atoms with Gasteiger partial charge >= 0.3 is 0 Å². The van der Waals surface area contributed by atoms with Crippen LogP contribution in [0, 0.1) is 5.41 Å². The van der Waals surface area contributed by atoms with E-state index in [1.165, 1.54) is 84.3 Å². The third-order valence-corrected chi connectivity index (χ3v) is 8.61. The van der Waals surface area contributed by atoms with Crippen molar-refractivity contribution in [1.29, 1.82) is 0 Å². The molecule has 6 aliphatic heterocycles. The van der Waals surface area contributed by atoms with Gasteiger partial charge in [-0.05, 0) is 63.6 Å². The van der Waals surface area contributed by atoms with Gasteiger partial charge in [-0.1, -0.05) is 0 Å². The van der Waals surface area contributed by atoms with Crippen LogP contribution in [0.3, 0.4) is 0 Å². The van der Waals surface area contributed by atoms with Crippen molar-refractivity contribution in [2.75, 3.05) is 52.4 Å². The highest BCUT2D eigenvalue weighted by molar-refractivity contribution is 5.13. The molecule has 0 radical (unpaired) electrons. The fraction of sp³-hybridized carbons (Fsp3) is 1.00. The Morgan fingerprint density at radius 2 is 1.84 bits per heavy atom. The molecule has 6 rings (SSSR count). The van der Waals surface area contributed by atoms with E-state index in [0.717, 1.165) is 12.6 Å². The fourth-order valence-corrected chi connectivity index (χ4v) is 6.75. The zero-order valence-corrected chi connectivity index (χ0v) is 15.4. The summed E-state index contributed by atoms with van der Waals surface area (Å²) in [6, 6.07) is 0.750. The Bertz CT molecular complexity index is 542. The first-order chi connectivity index (χ1) is 12.2. The molecule has 0 saturated carbocycles. The molecule has 6 aliphatic rings. The summed E-state index contributed by atoms with van der Waals surface area (Å²) < 4.78 is 0. The van der Waals surface area contributed by atoms with E-state index in [9.17, 15) is 0 Å². The highest BCUT2D eigenvalue weighted by atomic mass is 15.5. The maximum absolute atomic E-state index is 3.97. The summed E-state index contributed by atoms with van der Waals surface area (Å²) in [7, 11) is 0. The Balaban J connectivity index is 1.11. The molecule has 6 fully saturated rings. The molecule has 0 aromatic heterocycles. The zero-order chi connectivity index (χ0) is 16.5. The van der Waals surface area contributed by atoms with Crippen molar-refractivity contribution >= 4 is 0 Å². The molecule has 5 unspecified atom stereocenters. The van der Waals surface area contributed by atoms with Gasteiger partial charge in [-0.3, -0.25) is 20.4 Å². The molecule has 6 saturated heterocycles. The average molecular weight is 347 g/mol. The maximum atomic E-state index is 3.97. The molecule has 0 aromatic rings. The zero-order valence-electron chi connectivity index (χ0n) is 15.4. The van der Waals surface area contributed by atoms with Crippen LogP contribution in [0.1, 0.15) is 38.5 Å². The number of hydrogen-bond acceptors (Lipinski definition) is 6. The van der Waals surface area contributed by atoms with E-state index in [-0.39, 0.29) is 0 Å². The van der Waals surface area contributed by atoms with Crippen LogP contribution in [0.25, 0.3) is 0 Å². The molecular weight excluding hydrogens is 312 g/mol. The number of nitrogens with one attached hydrogen (secondary N) is 4. The topological polar surface area (TPSA) is 54.6 Å². The van der Waals surface area contributed by atoms with E-state index >= 15 is 0 Å². The predicted molar refractivity (Wildman–Crippen MR) is 98.3 cm³/mol. The lowest BCUT2D eigenvalue weighted by Crippen LogP contribution is -2.70. The summed E-state index contributed by atoms with van der Waals surface area (Å²) in [5.41, 5.74) is 1.32. The van der Waals surface area contributed by atoms with Crippen molar-refractivity contribution in [3.63, 3.8) is 0 Å². The second-order valence-corrected chi connectivity index (χ2v) is 9.92. The smallest absolute Gasteiger partial charge is 0.0753 e. The molecule has 4 N–H and O–H groups in total. The van der Waals surface area contributed by atoms with Crippen LogP contribution in [0.5, 0.6) is 0 Å². The van der Waals surface area contributed by atoms with Crippen LogP contribution >= 0.6 is 0 Å². The summed E-state index contributed by atoms with van der Waals surface area (Å²) in [5.74, 6) is 0. The summed E-state index contributed by atoms with van der Waals surface area (Å²) in [4.78, 5) is 5.59. The monoisotopic (exact) mass is 346 g/mol. The molecule has 6 heteroatoms. The molecule has 6 heterocycles. The Kier molecular flexibility index (Phi) is 3.41. The number of likely N-dealkylation sites (tertiary alicyclic amines) is 2. The fourth-order valence-electron chi connectivity index (χ4n) is 6.75. The Hall–Kier alpha value is -0.240. The number of nitrogens with zero attached hydrogens (tertiary/aromatic N) is 2. The standard InChI is InChI=1S/C19H34N6/c1-5-20-12-17(1)3-7-24(14-17)15-9-19(23-11-15)4-8-25(19)16-10-18(13-21-16)2-6-22-18/h15-16,20-23H,1-14H2. The quantitative estimate of drug-likeness (QED) is 0.540. The van der Waals surface area contributed by atoms with E-state index in [1.807, 2.05) is 0 Å². The van der Waals surface area contributed by atoms with E-state index in [2.05, 4.69) is 31.1 Å². The average Bonchev–Trinajstić information content (AvgIpc) is 3.32. The molecule has 3 spiro atoms. The van der Waals surface area contributed by atoms with Crippen molar-refractivity contribution in [3.8, 4) is 0 Å². The molecule has 0 aliphatic carbocycles. The van der Waals surface area contributed by atoms with Gasteiger partial charge in [0.05, 0.1) is 11.8 Å². The van der Waals surface area contributed by atoms with Crippen molar-refractivity contribution in [1.82, 2.24) is 31.1 Å².